The number of carbonyl (C=O) groups excluding carboxylic acids is 1. The molecule has 0 aliphatic heterocycles. The zero-order valence-corrected chi connectivity index (χ0v) is 25.7. The summed E-state index contributed by atoms with van der Waals surface area (Å²) in [4.78, 5) is 18.1. The molecule has 7 nitrogen and oxygen atoms in total. The topological polar surface area (TPSA) is 74.0 Å². The summed E-state index contributed by atoms with van der Waals surface area (Å²) in [5.74, 6) is 0.291. The maximum absolute atomic E-state index is 13.4. The number of nitrogens with zero attached hydrogens (tertiary/aromatic N) is 4. The van der Waals surface area contributed by atoms with E-state index in [-0.39, 0.29) is 18.1 Å². The Morgan fingerprint density at radius 1 is 0.795 bits per heavy atom. The number of hydrogen-bond acceptors (Lipinski definition) is 4. The lowest BCUT2D eigenvalue weighted by Crippen LogP contribution is -2.38. The molecule has 6 rings (SSSR count). The van der Waals surface area contributed by atoms with Crippen LogP contribution in [0.5, 0.6) is 5.88 Å². The number of aromatic nitrogens is 4. The van der Waals surface area contributed by atoms with E-state index in [4.69, 9.17) is 14.8 Å². The summed E-state index contributed by atoms with van der Waals surface area (Å²) in [6, 6.07) is 35.3. The number of carbonyl (C=O) groups is 1. The second-order valence-corrected chi connectivity index (χ2v) is 11.4. The first-order valence-corrected chi connectivity index (χ1v) is 15.0. The van der Waals surface area contributed by atoms with Gasteiger partial charge >= 0.3 is 0 Å². The number of pyridine rings is 1. The molecule has 3 heterocycles. The molecule has 0 radical (unpaired) electrons. The molecular weight excluding hydrogens is 546 g/mol. The van der Waals surface area contributed by atoms with Gasteiger partial charge in [0.2, 0.25) is 5.88 Å². The van der Waals surface area contributed by atoms with Crippen molar-refractivity contribution < 1.29 is 9.53 Å². The van der Waals surface area contributed by atoms with E-state index in [1.807, 2.05) is 54.9 Å². The molecule has 44 heavy (non-hydrogen) atoms. The molecule has 0 aliphatic rings. The van der Waals surface area contributed by atoms with E-state index >= 15 is 0 Å². The van der Waals surface area contributed by atoms with Gasteiger partial charge in [-0.1, -0.05) is 91.0 Å². The maximum Gasteiger partial charge on any atom is 0.268 e. The van der Waals surface area contributed by atoms with Crippen molar-refractivity contribution in [2.75, 3.05) is 7.05 Å². The van der Waals surface area contributed by atoms with Gasteiger partial charge in [0.1, 0.15) is 16.9 Å². The highest BCUT2D eigenvalue weighted by Gasteiger charge is 2.42. The highest BCUT2D eigenvalue weighted by Crippen LogP contribution is 2.46. The SMILES string of the molecule is CNC(=O)c1c(-c2nn(C(c3ccccc3)(c3ccccc3)c3ccccc3)c3ccnc(OC(C)C)c23)ccn1C(C)C. The van der Waals surface area contributed by atoms with Gasteiger partial charge in [-0.25, -0.2) is 9.67 Å². The van der Waals surface area contributed by atoms with Crippen molar-refractivity contribution in [3.63, 3.8) is 0 Å². The normalized spacial score (nSPS) is 11.8. The minimum Gasteiger partial charge on any atom is -0.474 e. The standard InChI is InChI=1S/C37H37N5O2/c1-25(2)41-24-22-30(34(41)35(43)38-5)33-32-31(21-23-39-36(32)44-26(3)4)42(40-33)37(27-15-9-6-10-16-27,28-17-11-7-12-18-28)29-19-13-8-14-20-29/h6-26H,1-5H3,(H,38,43). The zero-order chi connectivity index (χ0) is 30.8. The number of fused-ring (bicyclic) bond motifs is 1. The number of ether oxygens (including phenoxy) is 1. The average Bonchev–Trinajstić information content (AvgIpc) is 3.66. The largest absolute Gasteiger partial charge is 0.474 e. The van der Waals surface area contributed by atoms with E-state index in [1.54, 1.807) is 13.2 Å². The summed E-state index contributed by atoms with van der Waals surface area (Å²) in [7, 11) is 1.65. The molecule has 0 saturated heterocycles. The molecule has 0 spiro atoms. The van der Waals surface area contributed by atoms with Gasteiger partial charge in [-0.15, -0.1) is 0 Å². The predicted molar refractivity (Wildman–Crippen MR) is 175 cm³/mol. The second-order valence-electron chi connectivity index (χ2n) is 11.4. The quantitative estimate of drug-likeness (QED) is 0.179. The van der Waals surface area contributed by atoms with Crippen molar-refractivity contribution >= 4 is 16.8 Å². The van der Waals surface area contributed by atoms with E-state index in [2.05, 4.69) is 96.6 Å². The fourth-order valence-corrected chi connectivity index (χ4v) is 6.12. The third-order valence-electron chi connectivity index (χ3n) is 7.97. The van der Waals surface area contributed by atoms with Crippen LogP contribution in [-0.4, -0.2) is 38.4 Å². The van der Waals surface area contributed by atoms with E-state index in [9.17, 15) is 4.79 Å². The van der Waals surface area contributed by atoms with Crippen molar-refractivity contribution in [3.8, 4) is 17.1 Å². The van der Waals surface area contributed by atoms with Crippen LogP contribution in [0.25, 0.3) is 22.2 Å². The molecule has 6 aromatic rings. The number of hydrogen-bond donors (Lipinski definition) is 1. The molecular formula is C37H37N5O2. The summed E-state index contributed by atoms with van der Waals surface area (Å²) in [6.45, 7) is 8.09. The van der Waals surface area contributed by atoms with E-state index in [0.717, 1.165) is 27.6 Å². The maximum atomic E-state index is 13.4. The molecule has 1 amide bonds. The summed E-state index contributed by atoms with van der Waals surface area (Å²) in [5.41, 5.74) is 4.99. The monoisotopic (exact) mass is 583 g/mol. The molecule has 3 aromatic carbocycles. The molecule has 1 N–H and O–H groups in total. The van der Waals surface area contributed by atoms with Crippen LogP contribution in [0.3, 0.4) is 0 Å². The Morgan fingerprint density at radius 2 is 1.34 bits per heavy atom. The predicted octanol–water partition coefficient (Wildman–Crippen LogP) is 7.47. The summed E-state index contributed by atoms with van der Waals surface area (Å²) in [5, 5.41) is 9.07. The fourth-order valence-electron chi connectivity index (χ4n) is 6.12. The van der Waals surface area contributed by atoms with Gasteiger partial charge < -0.3 is 14.6 Å². The van der Waals surface area contributed by atoms with Crippen LogP contribution < -0.4 is 10.1 Å². The summed E-state index contributed by atoms with van der Waals surface area (Å²) < 4.78 is 10.4. The highest BCUT2D eigenvalue weighted by atomic mass is 16.5. The van der Waals surface area contributed by atoms with Crippen LogP contribution in [0.15, 0.2) is 116 Å². The van der Waals surface area contributed by atoms with Crippen LogP contribution in [-0.2, 0) is 5.54 Å². The van der Waals surface area contributed by atoms with Gasteiger partial charge in [0, 0.05) is 31.0 Å². The van der Waals surface area contributed by atoms with Gasteiger partial charge in [0.25, 0.3) is 5.91 Å². The van der Waals surface area contributed by atoms with Crippen LogP contribution in [0.1, 0.15) is 60.9 Å². The summed E-state index contributed by atoms with van der Waals surface area (Å²) >= 11 is 0. The molecule has 0 bridgehead atoms. The van der Waals surface area contributed by atoms with Crippen LogP contribution in [0.4, 0.5) is 0 Å². The highest BCUT2D eigenvalue weighted by molar-refractivity contribution is 6.05. The van der Waals surface area contributed by atoms with Gasteiger partial charge in [-0.2, -0.15) is 5.10 Å². The molecule has 222 valence electrons. The Balaban J connectivity index is 1.81. The Bertz CT molecular complexity index is 1790. The molecule has 0 saturated carbocycles. The lowest BCUT2D eigenvalue weighted by Gasteiger charge is -2.37. The molecule has 0 aliphatic carbocycles. The Kier molecular flexibility index (Phi) is 7.78. The number of rotatable bonds is 9. The first kappa shape index (κ1) is 28.9. The molecule has 0 unspecified atom stereocenters. The Hall–Kier alpha value is -5.17. The molecule has 0 atom stereocenters. The minimum absolute atomic E-state index is 0.0611. The van der Waals surface area contributed by atoms with Crippen LogP contribution in [0, 0.1) is 0 Å². The van der Waals surface area contributed by atoms with E-state index in [1.165, 1.54) is 0 Å². The molecule has 0 fully saturated rings. The Morgan fingerprint density at radius 3 is 1.82 bits per heavy atom. The minimum atomic E-state index is -0.871. The van der Waals surface area contributed by atoms with Crippen LogP contribution in [0.2, 0.25) is 0 Å². The number of nitrogens with one attached hydrogen (secondary N) is 1. The van der Waals surface area contributed by atoms with Crippen molar-refractivity contribution in [3.05, 3.63) is 138 Å². The lowest BCUT2D eigenvalue weighted by molar-refractivity contribution is 0.0953. The van der Waals surface area contributed by atoms with E-state index < -0.39 is 5.54 Å². The lowest BCUT2D eigenvalue weighted by atomic mass is 9.77. The van der Waals surface area contributed by atoms with Gasteiger partial charge in [-0.3, -0.25) is 4.79 Å². The summed E-state index contributed by atoms with van der Waals surface area (Å²) in [6.07, 6.45) is 3.60. The second kappa shape index (κ2) is 11.8. The van der Waals surface area contributed by atoms with Crippen molar-refractivity contribution in [1.82, 2.24) is 24.6 Å². The van der Waals surface area contributed by atoms with Crippen molar-refractivity contribution in [2.24, 2.45) is 0 Å². The number of amides is 1. The molecule has 7 heteroatoms. The first-order chi connectivity index (χ1) is 21.4. The third-order valence-corrected chi connectivity index (χ3v) is 7.97. The number of benzene rings is 3. The van der Waals surface area contributed by atoms with Gasteiger partial charge in [0.05, 0.1) is 17.0 Å². The first-order valence-electron chi connectivity index (χ1n) is 15.0. The molecule has 3 aromatic heterocycles. The average molecular weight is 584 g/mol. The van der Waals surface area contributed by atoms with Crippen LogP contribution >= 0.6 is 0 Å². The zero-order valence-electron chi connectivity index (χ0n) is 25.7. The van der Waals surface area contributed by atoms with Gasteiger partial charge in [-0.05, 0) is 56.5 Å². The smallest absolute Gasteiger partial charge is 0.268 e. The van der Waals surface area contributed by atoms with Crippen molar-refractivity contribution in [2.45, 2.75) is 45.4 Å². The Labute approximate surface area is 258 Å². The van der Waals surface area contributed by atoms with Crippen molar-refractivity contribution in [1.29, 1.82) is 0 Å². The fraction of sp³-hybridized carbons (Fsp3) is 0.216. The van der Waals surface area contributed by atoms with E-state index in [0.29, 0.717) is 22.8 Å². The third kappa shape index (κ3) is 4.74. The van der Waals surface area contributed by atoms with Gasteiger partial charge in [0.15, 0.2) is 0 Å².